The van der Waals surface area contributed by atoms with E-state index in [1.54, 1.807) is 24.1 Å². The highest BCUT2D eigenvalue weighted by atomic mass is 16.4. The van der Waals surface area contributed by atoms with Crippen LogP contribution in [0.2, 0.25) is 0 Å². The Morgan fingerprint density at radius 3 is 2.30 bits per heavy atom. The van der Waals surface area contributed by atoms with Crippen molar-refractivity contribution in [3.63, 3.8) is 0 Å². The van der Waals surface area contributed by atoms with Gasteiger partial charge in [0.2, 0.25) is 11.8 Å². The fourth-order valence-electron chi connectivity index (χ4n) is 3.23. The molecule has 0 spiro atoms. The number of likely N-dealkylation sites (N-methyl/N-ethyl adjacent to an activating group) is 1. The number of carbonyl (C=O) groups is 3. The number of hydrogen-bond donors (Lipinski definition) is 4. The Morgan fingerprint density at radius 1 is 1.03 bits per heavy atom. The summed E-state index contributed by atoms with van der Waals surface area (Å²) in [6.45, 7) is 0.476. The summed E-state index contributed by atoms with van der Waals surface area (Å²) in [7, 11) is 1.68. The number of nitrogens with zero attached hydrogens (tertiary/aromatic N) is 1. The molecular formula is C22H25N3O5. The van der Waals surface area contributed by atoms with Gasteiger partial charge in [0.25, 0.3) is 0 Å². The number of nitrogens with one attached hydrogen (secondary N) is 2. The molecule has 0 bridgehead atoms. The van der Waals surface area contributed by atoms with E-state index in [0.717, 1.165) is 11.1 Å². The van der Waals surface area contributed by atoms with E-state index >= 15 is 0 Å². The maximum absolute atomic E-state index is 13.1. The monoisotopic (exact) mass is 411 g/mol. The fraction of sp³-hybridized carbons (Fsp3) is 0.318. The van der Waals surface area contributed by atoms with Gasteiger partial charge < -0.3 is 20.4 Å². The minimum Gasteiger partial charge on any atom is -0.508 e. The highest BCUT2D eigenvalue weighted by Crippen LogP contribution is 2.15. The summed E-state index contributed by atoms with van der Waals surface area (Å²) in [6, 6.07) is 13.6. The zero-order valence-electron chi connectivity index (χ0n) is 16.6. The Hall–Kier alpha value is -3.39. The summed E-state index contributed by atoms with van der Waals surface area (Å²) in [5, 5.41) is 23.7. The van der Waals surface area contributed by atoms with Gasteiger partial charge in [0, 0.05) is 20.0 Å². The fourth-order valence-corrected chi connectivity index (χ4v) is 3.23. The number of phenols is 1. The predicted molar refractivity (Wildman–Crippen MR) is 110 cm³/mol. The van der Waals surface area contributed by atoms with Crippen LogP contribution in [0.1, 0.15) is 11.1 Å². The second-order valence-corrected chi connectivity index (χ2v) is 7.39. The van der Waals surface area contributed by atoms with Gasteiger partial charge in [-0.15, -0.1) is 0 Å². The molecule has 0 unspecified atom stereocenters. The van der Waals surface area contributed by atoms with E-state index in [4.69, 9.17) is 5.11 Å². The summed E-state index contributed by atoms with van der Waals surface area (Å²) < 4.78 is 0. The Labute approximate surface area is 174 Å². The van der Waals surface area contributed by atoms with E-state index in [0.29, 0.717) is 13.0 Å². The number of carboxylic acids is 1. The van der Waals surface area contributed by atoms with Crippen molar-refractivity contribution in [1.29, 1.82) is 0 Å². The van der Waals surface area contributed by atoms with Gasteiger partial charge in [0.15, 0.2) is 0 Å². The highest BCUT2D eigenvalue weighted by Gasteiger charge is 2.48. The smallest absolute Gasteiger partial charge is 0.322 e. The minimum absolute atomic E-state index is 0.108. The molecule has 1 heterocycles. The summed E-state index contributed by atoms with van der Waals surface area (Å²) in [4.78, 5) is 38.1. The van der Waals surface area contributed by atoms with Crippen LogP contribution in [-0.2, 0) is 27.2 Å². The lowest BCUT2D eigenvalue weighted by Gasteiger charge is -2.25. The number of phenolic OH excluding ortho intramolecular Hbond substituents is 1. The topological polar surface area (TPSA) is 129 Å². The van der Waals surface area contributed by atoms with Crippen LogP contribution in [0.4, 0.5) is 0 Å². The SMILES string of the molecule is CN(CCc1ccccc1)C(=O)[C@H](Cc1ccc(O)cc1)NC(=O)[C@H]1N[C@@H]1C(=O)O. The number of benzene rings is 2. The molecule has 2 amide bonds. The predicted octanol–water partition coefficient (Wildman–Crippen LogP) is 0.546. The number of aliphatic carboxylic acids is 1. The Balaban J connectivity index is 1.67. The van der Waals surface area contributed by atoms with Crippen molar-refractivity contribution in [3.8, 4) is 5.75 Å². The van der Waals surface area contributed by atoms with E-state index in [9.17, 15) is 19.5 Å². The molecular weight excluding hydrogens is 386 g/mol. The van der Waals surface area contributed by atoms with E-state index < -0.39 is 30.0 Å². The molecule has 8 heteroatoms. The molecule has 3 rings (SSSR count). The van der Waals surface area contributed by atoms with E-state index in [1.165, 1.54) is 12.1 Å². The highest BCUT2D eigenvalue weighted by molar-refractivity contribution is 5.97. The third-order valence-electron chi connectivity index (χ3n) is 5.08. The molecule has 0 saturated carbocycles. The summed E-state index contributed by atoms with van der Waals surface area (Å²) in [6.07, 6.45) is 0.902. The number of rotatable bonds is 9. The van der Waals surface area contributed by atoms with Crippen molar-refractivity contribution in [2.24, 2.45) is 0 Å². The van der Waals surface area contributed by atoms with Crippen molar-refractivity contribution in [1.82, 2.24) is 15.5 Å². The molecule has 1 aliphatic heterocycles. The van der Waals surface area contributed by atoms with Gasteiger partial charge >= 0.3 is 5.97 Å². The quantitative estimate of drug-likeness (QED) is 0.446. The number of hydrogen-bond acceptors (Lipinski definition) is 5. The first kappa shape index (κ1) is 21.3. The van der Waals surface area contributed by atoms with Gasteiger partial charge in [-0.25, -0.2) is 0 Å². The van der Waals surface area contributed by atoms with E-state index in [-0.39, 0.29) is 18.1 Å². The normalized spacial score (nSPS) is 18.3. The second-order valence-electron chi connectivity index (χ2n) is 7.39. The van der Waals surface area contributed by atoms with Crippen LogP contribution >= 0.6 is 0 Å². The Kier molecular flexibility index (Phi) is 6.68. The Bertz CT molecular complexity index is 901. The molecule has 4 N–H and O–H groups in total. The average Bonchev–Trinajstić information content (AvgIpc) is 3.55. The maximum Gasteiger partial charge on any atom is 0.322 e. The number of carbonyl (C=O) groups excluding carboxylic acids is 2. The largest absolute Gasteiger partial charge is 0.508 e. The lowest BCUT2D eigenvalue weighted by atomic mass is 10.0. The van der Waals surface area contributed by atoms with Crippen molar-refractivity contribution >= 4 is 17.8 Å². The summed E-state index contributed by atoms with van der Waals surface area (Å²) in [5.41, 5.74) is 1.87. The zero-order valence-corrected chi connectivity index (χ0v) is 16.6. The van der Waals surface area contributed by atoms with Crippen LogP contribution in [-0.4, -0.2) is 64.6 Å². The third-order valence-corrected chi connectivity index (χ3v) is 5.08. The summed E-state index contributed by atoms with van der Waals surface area (Å²) >= 11 is 0. The van der Waals surface area contributed by atoms with Crippen LogP contribution in [0.3, 0.4) is 0 Å². The standard InChI is InChI=1S/C22H25N3O5/c1-25(12-11-14-5-3-2-4-6-14)21(28)17(13-15-7-9-16(26)10-8-15)23-20(27)18-19(24-18)22(29)30/h2-10,17-19,24,26H,11-13H2,1H3,(H,23,27)(H,29,30)/t17-,18-,19-/m0/s1. The van der Waals surface area contributed by atoms with Gasteiger partial charge in [-0.05, 0) is 29.7 Å². The molecule has 2 aromatic carbocycles. The average molecular weight is 411 g/mol. The number of carboxylic acid groups (broad SMARTS) is 1. The molecule has 8 nitrogen and oxygen atoms in total. The van der Waals surface area contributed by atoms with Gasteiger partial charge in [-0.3, -0.25) is 19.7 Å². The first-order chi connectivity index (χ1) is 14.3. The first-order valence-electron chi connectivity index (χ1n) is 9.71. The third kappa shape index (κ3) is 5.57. The first-order valence-corrected chi connectivity index (χ1v) is 9.71. The molecule has 0 aromatic heterocycles. The van der Waals surface area contributed by atoms with Crippen LogP contribution < -0.4 is 10.6 Å². The molecule has 30 heavy (non-hydrogen) atoms. The minimum atomic E-state index is -1.10. The van der Waals surface area contributed by atoms with Gasteiger partial charge in [-0.2, -0.15) is 0 Å². The van der Waals surface area contributed by atoms with Crippen molar-refractivity contribution in [3.05, 3.63) is 65.7 Å². The Morgan fingerprint density at radius 2 is 1.70 bits per heavy atom. The van der Waals surface area contributed by atoms with Crippen LogP contribution in [0.5, 0.6) is 5.75 Å². The molecule has 1 aliphatic rings. The van der Waals surface area contributed by atoms with Crippen LogP contribution in [0, 0.1) is 0 Å². The lowest BCUT2D eigenvalue weighted by molar-refractivity contribution is -0.137. The van der Waals surface area contributed by atoms with Crippen molar-refractivity contribution in [2.45, 2.75) is 31.0 Å². The van der Waals surface area contributed by atoms with Gasteiger partial charge in [0.05, 0.1) is 0 Å². The van der Waals surface area contributed by atoms with Crippen molar-refractivity contribution in [2.75, 3.05) is 13.6 Å². The number of amides is 2. The molecule has 3 atom stereocenters. The van der Waals surface area contributed by atoms with E-state index in [2.05, 4.69) is 10.6 Å². The molecule has 0 radical (unpaired) electrons. The second kappa shape index (κ2) is 9.41. The van der Waals surface area contributed by atoms with Crippen LogP contribution in [0.15, 0.2) is 54.6 Å². The molecule has 0 aliphatic carbocycles. The summed E-state index contributed by atoms with van der Waals surface area (Å²) in [5.74, 6) is -1.77. The van der Waals surface area contributed by atoms with Crippen LogP contribution in [0.25, 0.3) is 0 Å². The maximum atomic E-state index is 13.1. The molecule has 1 saturated heterocycles. The molecule has 2 aromatic rings. The van der Waals surface area contributed by atoms with Gasteiger partial charge in [0.1, 0.15) is 23.9 Å². The lowest BCUT2D eigenvalue weighted by Crippen LogP contribution is -2.50. The van der Waals surface area contributed by atoms with Crippen molar-refractivity contribution < 1.29 is 24.6 Å². The van der Waals surface area contributed by atoms with Gasteiger partial charge in [-0.1, -0.05) is 42.5 Å². The zero-order chi connectivity index (χ0) is 21.7. The molecule has 158 valence electrons. The van der Waals surface area contributed by atoms with E-state index in [1.807, 2.05) is 30.3 Å². The molecule has 1 fully saturated rings. The number of aromatic hydroxyl groups is 1.